The zero-order valence-corrected chi connectivity index (χ0v) is 17.8. The molecule has 3 aromatic heterocycles. The van der Waals surface area contributed by atoms with Crippen LogP contribution >= 0.6 is 0 Å². The molecule has 0 aromatic carbocycles. The highest BCUT2D eigenvalue weighted by Crippen LogP contribution is 2.33. The number of carbonyl (C=O) groups is 1. The monoisotopic (exact) mass is 458 g/mol. The first-order valence-electron chi connectivity index (χ1n) is 10.6. The summed E-state index contributed by atoms with van der Waals surface area (Å²) in [5.74, 6) is 0.854. The third-order valence-electron chi connectivity index (χ3n) is 5.91. The lowest BCUT2D eigenvalue weighted by atomic mass is 10.0. The number of aromatic nitrogens is 5. The Kier molecular flexibility index (Phi) is 5.26. The van der Waals surface area contributed by atoms with Crippen molar-refractivity contribution in [1.29, 1.82) is 0 Å². The number of hydrogen-bond acceptors (Lipinski definition) is 6. The van der Waals surface area contributed by atoms with Crippen molar-refractivity contribution in [3.63, 3.8) is 0 Å². The van der Waals surface area contributed by atoms with Crippen molar-refractivity contribution in [3.8, 4) is 11.6 Å². The van der Waals surface area contributed by atoms with Crippen LogP contribution in [0.5, 0.6) is 5.88 Å². The number of amides is 1. The summed E-state index contributed by atoms with van der Waals surface area (Å²) in [7, 11) is 0. The SMILES string of the molecule is Cc1nnn(-c2ccc(C(F)(F)F)nc2)c1COc1cc2c(cn1)CN(C(=O)C1CC1)CC2. The Morgan fingerprint density at radius 3 is 2.70 bits per heavy atom. The van der Waals surface area contributed by atoms with E-state index in [1.807, 2.05) is 11.0 Å². The molecule has 1 aliphatic heterocycles. The van der Waals surface area contributed by atoms with Gasteiger partial charge in [-0.2, -0.15) is 13.2 Å². The van der Waals surface area contributed by atoms with Gasteiger partial charge in [-0.15, -0.1) is 5.10 Å². The molecule has 0 spiro atoms. The molecule has 4 heterocycles. The van der Waals surface area contributed by atoms with E-state index in [-0.39, 0.29) is 18.4 Å². The average Bonchev–Trinajstić information content (AvgIpc) is 3.59. The van der Waals surface area contributed by atoms with E-state index in [0.717, 1.165) is 42.7 Å². The number of rotatable bonds is 5. The molecule has 0 radical (unpaired) electrons. The topological polar surface area (TPSA) is 86.0 Å². The molecule has 33 heavy (non-hydrogen) atoms. The Balaban J connectivity index is 1.29. The highest BCUT2D eigenvalue weighted by Gasteiger charge is 2.35. The first kappa shape index (κ1) is 21.4. The fraction of sp³-hybridized carbons (Fsp3) is 0.409. The van der Waals surface area contributed by atoms with Gasteiger partial charge < -0.3 is 9.64 Å². The van der Waals surface area contributed by atoms with Crippen LogP contribution in [-0.2, 0) is 30.5 Å². The zero-order chi connectivity index (χ0) is 23.2. The molecule has 8 nitrogen and oxygen atoms in total. The van der Waals surface area contributed by atoms with E-state index in [4.69, 9.17) is 4.74 Å². The van der Waals surface area contributed by atoms with Crippen LogP contribution in [0.3, 0.4) is 0 Å². The first-order valence-corrected chi connectivity index (χ1v) is 10.6. The molecule has 1 aliphatic carbocycles. The largest absolute Gasteiger partial charge is 0.471 e. The van der Waals surface area contributed by atoms with E-state index < -0.39 is 11.9 Å². The summed E-state index contributed by atoms with van der Waals surface area (Å²) in [6, 6.07) is 4.07. The molecule has 0 bridgehead atoms. The van der Waals surface area contributed by atoms with Crippen molar-refractivity contribution in [2.24, 2.45) is 5.92 Å². The fourth-order valence-corrected chi connectivity index (χ4v) is 3.85. The van der Waals surface area contributed by atoms with Crippen molar-refractivity contribution < 1.29 is 22.7 Å². The lowest BCUT2D eigenvalue weighted by Gasteiger charge is -2.29. The maximum Gasteiger partial charge on any atom is 0.433 e. The lowest BCUT2D eigenvalue weighted by Crippen LogP contribution is -2.36. The Bertz CT molecular complexity index is 1190. The molecule has 0 atom stereocenters. The standard InChI is InChI=1S/C22H21F3N6O2/c1-13-18(31(29-28-13)17-4-5-19(26-10-17)22(23,24)25)12-33-20-8-15-6-7-30(11-16(15)9-27-20)21(32)14-2-3-14/h4-5,8-10,14H,2-3,6-7,11-12H2,1H3. The first-order chi connectivity index (χ1) is 15.8. The van der Waals surface area contributed by atoms with Crippen LogP contribution in [0.15, 0.2) is 30.6 Å². The van der Waals surface area contributed by atoms with Gasteiger partial charge in [-0.1, -0.05) is 5.21 Å². The molecule has 172 valence electrons. The summed E-state index contributed by atoms with van der Waals surface area (Å²) in [5.41, 5.74) is 2.65. The number of alkyl halides is 3. The van der Waals surface area contributed by atoms with E-state index in [1.54, 1.807) is 13.1 Å². The highest BCUT2D eigenvalue weighted by molar-refractivity contribution is 5.81. The smallest absolute Gasteiger partial charge is 0.433 e. The molecule has 1 amide bonds. The van der Waals surface area contributed by atoms with E-state index in [2.05, 4.69) is 20.3 Å². The van der Waals surface area contributed by atoms with Crippen LogP contribution in [0.25, 0.3) is 5.69 Å². The van der Waals surface area contributed by atoms with Gasteiger partial charge in [-0.25, -0.2) is 14.6 Å². The zero-order valence-electron chi connectivity index (χ0n) is 17.8. The highest BCUT2D eigenvalue weighted by atomic mass is 19.4. The minimum Gasteiger partial charge on any atom is -0.471 e. The number of hydrogen-bond donors (Lipinski definition) is 0. The third kappa shape index (κ3) is 4.39. The number of carbonyl (C=O) groups excluding carboxylic acids is 1. The molecule has 0 unspecified atom stereocenters. The van der Waals surface area contributed by atoms with Crippen LogP contribution in [0.1, 0.15) is 41.1 Å². The fourth-order valence-electron chi connectivity index (χ4n) is 3.85. The van der Waals surface area contributed by atoms with Crippen LogP contribution < -0.4 is 4.74 Å². The second-order valence-corrected chi connectivity index (χ2v) is 8.30. The molecule has 2 aliphatic rings. The summed E-state index contributed by atoms with van der Waals surface area (Å²) < 4.78 is 45.6. The van der Waals surface area contributed by atoms with Crippen molar-refractivity contribution in [2.75, 3.05) is 6.54 Å². The normalized spacial score (nSPS) is 15.9. The van der Waals surface area contributed by atoms with Gasteiger partial charge in [-0.3, -0.25) is 4.79 Å². The van der Waals surface area contributed by atoms with Crippen molar-refractivity contribution >= 4 is 5.91 Å². The van der Waals surface area contributed by atoms with Gasteiger partial charge in [0, 0.05) is 31.3 Å². The van der Waals surface area contributed by atoms with Crippen molar-refractivity contribution in [3.05, 3.63) is 58.8 Å². The molecular weight excluding hydrogens is 437 g/mol. The summed E-state index contributed by atoms with van der Waals surface area (Å²) >= 11 is 0. The second kappa shape index (κ2) is 8.13. The lowest BCUT2D eigenvalue weighted by molar-refractivity contribution is -0.141. The van der Waals surface area contributed by atoms with E-state index in [1.165, 1.54) is 10.7 Å². The Labute approximate surface area is 187 Å². The van der Waals surface area contributed by atoms with Gasteiger partial charge >= 0.3 is 6.18 Å². The number of pyridine rings is 2. The molecule has 1 saturated carbocycles. The Morgan fingerprint density at radius 1 is 1.18 bits per heavy atom. The van der Waals surface area contributed by atoms with Gasteiger partial charge in [0.2, 0.25) is 11.8 Å². The number of nitrogens with zero attached hydrogens (tertiary/aromatic N) is 6. The third-order valence-corrected chi connectivity index (χ3v) is 5.91. The molecule has 3 aromatic rings. The Hall–Kier alpha value is -3.50. The summed E-state index contributed by atoms with van der Waals surface area (Å²) in [4.78, 5) is 22.1. The van der Waals surface area contributed by atoms with Crippen molar-refractivity contribution in [1.82, 2.24) is 29.9 Å². The molecule has 0 N–H and O–H groups in total. The minimum absolute atomic E-state index is 0.0813. The van der Waals surface area contributed by atoms with Crippen LogP contribution in [0.4, 0.5) is 13.2 Å². The van der Waals surface area contributed by atoms with Crippen LogP contribution in [0, 0.1) is 12.8 Å². The quantitative estimate of drug-likeness (QED) is 0.584. The second-order valence-electron chi connectivity index (χ2n) is 8.30. The van der Waals surface area contributed by atoms with Gasteiger partial charge in [0.25, 0.3) is 0 Å². The maximum atomic E-state index is 12.8. The summed E-state index contributed by atoms with van der Waals surface area (Å²) in [6.07, 6.45) is 1.04. The molecule has 11 heteroatoms. The van der Waals surface area contributed by atoms with E-state index in [0.29, 0.717) is 36.0 Å². The minimum atomic E-state index is -4.51. The van der Waals surface area contributed by atoms with E-state index in [9.17, 15) is 18.0 Å². The molecular formula is C22H21F3N6O2. The predicted octanol–water partition coefficient (Wildman–Crippen LogP) is 3.26. The van der Waals surface area contributed by atoms with Gasteiger partial charge in [-0.05, 0) is 49.4 Å². The Morgan fingerprint density at radius 2 is 2.00 bits per heavy atom. The molecule has 5 rings (SSSR count). The molecule has 1 fully saturated rings. The van der Waals surface area contributed by atoms with Crippen LogP contribution in [0.2, 0.25) is 0 Å². The predicted molar refractivity (Wildman–Crippen MR) is 109 cm³/mol. The van der Waals surface area contributed by atoms with Crippen molar-refractivity contribution in [2.45, 2.75) is 45.5 Å². The maximum absolute atomic E-state index is 12.8. The summed E-state index contributed by atoms with van der Waals surface area (Å²) in [5, 5.41) is 8.03. The average molecular weight is 458 g/mol. The molecule has 0 saturated heterocycles. The van der Waals surface area contributed by atoms with Gasteiger partial charge in [0.05, 0.1) is 17.6 Å². The summed E-state index contributed by atoms with van der Waals surface area (Å²) in [6.45, 7) is 3.07. The number of halogens is 3. The van der Waals surface area contributed by atoms with E-state index >= 15 is 0 Å². The number of ether oxygens (including phenoxy) is 1. The van der Waals surface area contributed by atoms with Gasteiger partial charge in [0.1, 0.15) is 18.0 Å². The van der Waals surface area contributed by atoms with Crippen LogP contribution in [-0.4, -0.2) is 42.3 Å². The number of aryl methyl sites for hydroxylation is 1. The van der Waals surface area contributed by atoms with Gasteiger partial charge in [0.15, 0.2) is 0 Å². The number of fused-ring (bicyclic) bond motifs is 1.